The molecule has 0 bridgehead atoms. The number of hydrogen-bond acceptors (Lipinski definition) is 1. The number of fused-ring (bicyclic) bond motifs is 1. The molecule has 0 radical (unpaired) electrons. The predicted octanol–water partition coefficient (Wildman–Crippen LogP) is 4.29. The van der Waals surface area contributed by atoms with Gasteiger partial charge in [-0.25, -0.2) is 8.78 Å². The number of rotatable bonds is 2. The molecule has 2 aromatic rings. The van der Waals surface area contributed by atoms with E-state index in [2.05, 4.69) is 6.92 Å². The molecule has 1 N–H and O–H groups in total. The average Bonchev–Trinajstić information content (AvgIpc) is 2.43. The van der Waals surface area contributed by atoms with Gasteiger partial charge in [0.25, 0.3) is 0 Å². The topological polar surface area (TPSA) is 20.2 Å². The van der Waals surface area contributed by atoms with Crippen LogP contribution in [0.4, 0.5) is 8.78 Å². The SMILES string of the molecule is CC1CCC(O)(Cc2cc(F)cc(F)c2)c2ccccc21. The maximum atomic E-state index is 13.3. The Morgan fingerprint density at radius 2 is 1.81 bits per heavy atom. The highest BCUT2D eigenvalue weighted by atomic mass is 19.1. The second-order valence-corrected chi connectivity index (χ2v) is 6.01. The quantitative estimate of drug-likeness (QED) is 0.874. The van der Waals surface area contributed by atoms with Crippen LogP contribution in [0.15, 0.2) is 42.5 Å². The summed E-state index contributed by atoms with van der Waals surface area (Å²) in [7, 11) is 0. The van der Waals surface area contributed by atoms with Crippen LogP contribution >= 0.6 is 0 Å². The van der Waals surface area contributed by atoms with E-state index >= 15 is 0 Å². The summed E-state index contributed by atoms with van der Waals surface area (Å²) < 4.78 is 26.7. The van der Waals surface area contributed by atoms with Crippen molar-refractivity contribution in [2.24, 2.45) is 0 Å². The van der Waals surface area contributed by atoms with Gasteiger partial charge in [-0.05, 0) is 47.6 Å². The molecule has 0 spiro atoms. The maximum absolute atomic E-state index is 13.3. The van der Waals surface area contributed by atoms with Crippen molar-refractivity contribution >= 4 is 0 Å². The van der Waals surface area contributed by atoms with Crippen molar-refractivity contribution in [2.75, 3.05) is 0 Å². The Kier molecular flexibility index (Phi) is 3.54. The second-order valence-electron chi connectivity index (χ2n) is 6.01. The minimum Gasteiger partial charge on any atom is -0.385 e. The summed E-state index contributed by atoms with van der Waals surface area (Å²) in [6.07, 6.45) is 1.69. The first-order valence-electron chi connectivity index (χ1n) is 7.25. The fourth-order valence-corrected chi connectivity index (χ4v) is 3.33. The van der Waals surface area contributed by atoms with Gasteiger partial charge in [-0.15, -0.1) is 0 Å². The number of halogens is 2. The lowest BCUT2D eigenvalue weighted by Crippen LogP contribution is -2.34. The molecular weight excluding hydrogens is 270 g/mol. The second kappa shape index (κ2) is 5.23. The van der Waals surface area contributed by atoms with Crippen LogP contribution in [-0.2, 0) is 12.0 Å². The monoisotopic (exact) mass is 288 g/mol. The largest absolute Gasteiger partial charge is 0.385 e. The Hall–Kier alpha value is -1.74. The predicted molar refractivity (Wildman–Crippen MR) is 78.0 cm³/mol. The van der Waals surface area contributed by atoms with Crippen molar-refractivity contribution in [3.05, 3.63) is 70.8 Å². The first kappa shape index (κ1) is 14.2. The lowest BCUT2D eigenvalue weighted by molar-refractivity contribution is 0.0158. The van der Waals surface area contributed by atoms with Crippen LogP contribution in [0.5, 0.6) is 0 Å². The van der Waals surface area contributed by atoms with Gasteiger partial charge in [0, 0.05) is 12.5 Å². The summed E-state index contributed by atoms with van der Waals surface area (Å²) in [6.45, 7) is 2.14. The van der Waals surface area contributed by atoms with Gasteiger partial charge in [0.15, 0.2) is 0 Å². The third kappa shape index (κ3) is 2.70. The molecule has 1 aliphatic rings. The van der Waals surface area contributed by atoms with E-state index in [0.29, 0.717) is 17.9 Å². The normalized spacial score (nSPS) is 24.7. The zero-order chi connectivity index (χ0) is 15.0. The van der Waals surface area contributed by atoms with E-state index in [1.54, 1.807) is 0 Å². The lowest BCUT2D eigenvalue weighted by atomic mass is 9.72. The van der Waals surface area contributed by atoms with Crippen molar-refractivity contribution in [3.63, 3.8) is 0 Å². The summed E-state index contributed by atoms with van der Waals surface area (Å²) in [5, 5.41) is 11.0. The highest BCUT2D eigenvalue weighted by Gasteiger charge is 2.36. The van der Waals surface area contributed by atoms with Gasteiger partial charge in [0.2, 0.25) is 0 Å². The van der Waals surface area contributed by atoms with Crippen molar-refractivity contribution < 1.29 is 13.9 Å². The van der Waals surface area contributed by atoms with Gasteiger partial charge in [-0.2, -0.15) is 0 Å². The van der Waals surface area contributed by atoms with Crippen LogP contribution in [-0.4, -0.2) is 5.11 Å². The van der Waals surface area contributed by atoms with E-state index in [4.69, 9.17) is 0 Å². The molecule has 2 unspecified atom stereocenters. The van der Waals surface area contributed by atoms with Crippen LogP contribution in [0.3, 0.4) is 0 Å². The van der Waals surface area contributed by atoms with Gasteiger partial charge in [0.1, 0.15) is 11.6 Å². The van der Waals surface area contributed by atoms with Gasteiger partial charge in [-0.3, -0.25) is 0 Å². The van der Waals surface area contributed by atoms with Crippen LogP contribution in [0.2, 0.25) is 0 Å². The smallest absolute Gasteiger partial charge is 0.126 e. The van der Waals surface area contributed by atoms with Crippen LogP contribution < -0.4 is 0 Å². The molecule has 0 saturated heterocycles. The first-order chi connectivity index (χ1) is 9.98. The van der Waals surface area contributed by atoms with Crippen molar-refractivity contribution in [1.82, 2.24) is 0 Å². The molecule has 0 amide bonds. The van der Waals surface area contributed by atoms with E-state index in [-0.39, 0.29) is 6.42 Å². The van der Waals surface area contributed by atoms with Crippen LogP contribution in [0.1, 0.15) is 42.4 Å². The van der Waals surface area contributed by atoms with E-state index in [1.165, 1.54) is 12.1 Å². The first-order valence-corrected chi connectivity index (χ1v) is 7.25. The zero-order valence-corrected chi connectivity index (χ0v) is 11.9. The summed E-state index contributed by atoms with van der Waals surface area (Å²) in [5.41, 5.74) is 1.44. The Labute approximate surface area is 123 Å². The molecule has 2 atom stereocenters. The van der Waals surface area contributed by atoms with Gasteiger partial charge < -0.3 is 5.11 Å². The molecule has 2 aromatic carbocycles. The van der Waals surface area contributed by atoms with Gasteiger partial charge in [0.05, 0.1) is 5.60 Å². The minimum absolute atomic E-state index is 0.228. The number of benzene rings is 2. The van der Waals surface area contributed by atoms with Crippen molar-refractivity contribution in [3.8, 4) is 0 Å². The minimum atomic E-state index is -1.05. The van der Waals surface area contributed by atoms with Crippen molar-refractivity contribution in [2.45, 2.75) is 37.7 Å². The Bertz CT molecular complexity index is 648. The third-order valence-corrected chi connectivity index (χ3v) is 4.40. The molecule has 0 heterocycles. The third-order valence-electron chi connectivity index (χ3n) is 4.40. The molecule has 1 aliphatic carbocycles. The molecule has 0 saturated carbocycles. The molecule has 0 fully saturated rings. The van der Waals surface area contributed by atoms with Crippen LogP contribution in [0.25, 0.3) is 0 Å². The molecule has 3 heteroatoms. The number of aliphatic hydroxyl groups is 1. The molecule has 0 aromatic heterocycles. The van der Waals surface area contributed by atoms with E-state index < -0.39 is 17.2 Å². The molecule has 1 nitrogen and oxygen atoms in total. The summed E-state index contributed by atoms with van der Waals surface area (Å²) in [4.78, 5) is 0. The molecular formula is C18H18F2O. The Morgan fingerprint density at radius 1 is 1.14 bits per heavy atom. The maximum Gasteiger partial charge on any atom is 0.126 e. The molecule has 21 heavy (non-hydrogen) atoms. The molecule has 0 aliphatic heterocycles. The molecule has 110 valence electrons. The summed E-state index contributed by atoms with van der Waals surface area (Å²) in [5.74, 6) is -0.817. The van der Waals surface area contributed by atoms with E-state index in [1.807, 2.05) is 24.3 Å². The lowest BCUT2D eigenvalue weighted by Gasteiger charge is -2.37. The summed E-state index contributed by atoms with van der Waals surface area (Å²) >= 11 is 0. The van der Waals surface area contributed by atoms with Gasteiger partial charge in [-0.1, -0.05) is 31.2 Å². The highest BCUT2D eigenvalue weighted by Crippen LogP contribution is 2.42. The Balaban J connectivity index is 1.99. The van der Waals surface area contributed by atoms with E-state index in [0.717, 1.165) is 23.6 Å². The summed E-state index contributed by atoms with van der Waals surface area (Å²) in [6, 6.07) is 11.2. The standard InChI is InChI=1S/C18H18F2O/c1-12-6-7-18(21,17-5-3-2-4-16(12)17)11-13-8-14(19)10-15(20)9-13/h2-5,8-10,12,21H,6-7,11H2,1H3. The highest BCUT2D eigenvalue weighted by molar-refractivity contribution is 5.38. The van der Waals surface area contributed by atoms with Crippen molar-refractivity contribution in [1.29, 1.82) is 0 Å². The van der Waals surface area contributed by atoms with Crippen LogP contribution in [0, 0.1) is 11.6 Å². The number of hydrogen-bond donors (Lipinski definition) is 1. The average molecular weight is 288 g/mol. The fourth-order valence-electron chi connectivity index (χ4n) is 3.33. The van der Waals surface area contributed by atoms with Gasteiger partial charge >= 0.3 is 0 Å². The molecule has 3 rings (SSSR count). The Morgan fingerprint density at radius 3 is 2.52 bits per heavy atom. The fraction of sp³-hybridized carbons (Fsp3) is 0.333. The zero-order valence-electron chi connectivity index (χ0n) is 11.9. The van der Waals surface area contributed by atoms with E-state index in [9.17, 15) is 13.9 Å².